The lowest BCUT2D eigenvalue weighted by atomic mass is 9.94. The number of β-lactam (4-membered cyclic amide) rings is 1. The van der Waals surface area contributed by atoms with E-state index in [1.165, 1.54) is 50.8 Å². The molecule has 0 radical (unpaired) electrons. The second-order valence-corrected chi connectivity index (χ2v) is 10.1. The summed E-state index contributed by atoms with van der Waals surface area (Å²) in [5.74, 6) is -0.986. The number of nitrogens with zero attached hydrogens (tertiary/aromatic N) is 7. The first-order valence-corrected chi connectivity index (χ1v) is 11.4. The minimum absolute atomic E-state index is 0.114. The Hall–Kier alpha value is -2.26. The second kappa shape index (κ2) is 8.23. The maximum atomic E-state index is 12.6. The maximum Gasteiger partial charge on any atom is 0.326 e. The Balaban J connectivity index is 1.38. The summed E-state index contributed by atoms with van der Waals surface area (Å²) in [5.41, 5.74) is 0. The van der Waals surface area contributed by atoms with Crippen LogP contribution in [0.2, 0.25) is 0 Å². The van der Waals surface area contributed by atoms with E-state index in [4.69, 9.17) is 0 Å². The van der Waals surface area contributed by atoms with Crippen LogP contribution in [0.4, 0.5) is 0 Å². The number of nitrogens with one attached hydrogen (secondary N) is 1. The smallest absolute Gasteiger partial charge is 0.326 e. The van der Waals surface area contributed by atoms with Gasteiger partial charge < -0.3 is 15.3 Å². The number of carboxylic acids is 1. The molecule has 4 heterocycles. The van der Waals surface area contributed by atoms with Crippen LogP contribution in [0.3, 0.4) is 0 Å². The third kappa shape index (κ3) is 4.06. The summed E-state index contributed by atoms with van der Waals surface area (Å²) in [6.45, 7) is 1.74. The van der Waals surface area contributed by atoms with Crippen LogP contribution in [0.15, 0.2) is 10.7 Å². The summed E-state index contributed by atoms with van der Waals surface area (Å²) in [5, 5.41) is 31.3. The lowest BCUT2D eigenvalue weighted by molar-refractivity contribution is -0.164. The Labute approximate surface area is 176 Å². The van der Waals surface area contributed by atoms with Crippen molar-refractivity contribution in [2.24, 2.45) is 5.92 Å². The summed E-state index contributed by atoms with van der Waals surface area (Å²) in [7, 11) is 0. The molecule has 4 atom stereocenters. The van der Waals surface area contributed by atoms with Crippen LogP contribution >= 0.6 is 34.9 Å². The molecule has 4 rings (SSSR count). The number of fused-ring (bicyclic) bond motifs is 1. The summed E-state index contributed by atoms with van der Waals surface area (Å²) in [6, 6.07) is -1.67. The van der Waals surface area contributed by atoms with Gasteiger partial charge in [0.2, 0.25) is 11.8 Å². The van der Waals surface area contributed by atoms with Crippen LogP contribution in [-0.4, -0.2) is 87.2 Å². The molecule has 15 heteroatoms. The molecule has 2 amide bonds. The number of aliphatic carboxylic acids is 1. The molecule has 0 bridgehead atoms. The second-order valence-electron chi connectivity index (χ2n) is 6.46. The zero-order valence-corrected chi connectivity index (χ0v) is 17.5. The number of tetrazole rings is 1. The van der Waals surface area contributed by atoms with Crippen LogP contribution in [-0.2, 0) is 20.9 Å². The fourth-order valence-electron chi connectivity index (χ4n) is 3.23. The molecule has 2 N–H and O–H groups in total. The predicted molar refractivity (Wildman–Crippen MR) is 103 cm³/mol. The van der Waals surface area contributed by atoms with E-state index in [2.05, 4.69) is 31.0 Å². The minimum Gasteiger partial charge on any atom is -0.480 e. The number of carboxylic acid groups (broad SMARTS) is 1. The van der Waals surface area contributed by atoms with Crippen LogP contribution in [0.5, 0.6) is 0 Å². The Bertz CT molecular complexity index is 922. The lowest BCUT2D eigenvalue weighted by Gasteiger charge is -2.54. The maximum absolute atomic E-state index is 12.6. The summed E-state index contributed by atoms with van der Waals surface area (Å²) >= 11 is 4.38. The van der Waals surface area contributed by atoms with Gasteiger partial charge in [0.15, 0.2) is 4.34 Å². The molecule has 0 aliphatic carbocycles. The number of aromatic nitrogens is 6. The third-order valence-corrected chi connectivity index (χ3v) is 8.12. The number of aryl methyl sites for hydroxylation is 1. The topological polar surface area (TPSA) is 156 Å². The monoisotopic (exact) mass is 456 g/mol. The standard InChI is InChI=1S/C14H16N8O4S3/c1-6-17-18-14(29-6)28-4-7-3-27-12-9(11(24)22(12)10(7)13(25)26)16-8(23)2-21-5-15-19-20-21/h5,7,9-10,12H,2-4H2,1H3,(H,16,23)(H,25,26)/t7?,9-,10?,12-/m1/s1. The van der Waals surface area contributed by atoms with Gasteiger partial charge in [0.05, 0.1) is 0 Å². The van der Waals surface area contributed by atoms with Crippen LogP contribution < -0.4 is 5.32 Å². The summed E-state index contributed by atoms with van der Waals surface area (Å²) in [6.07, 6.45) is 1.30. The van der Waals surface area contributed by atoms with Crippen LogP contribution in [0, 0.1) is 12.8 Å². The zero-order chi connectivity index (χ0) is 20.5. The molecule has 0 aromatic carbocycles. The van der Waals surface area contributed by atoms with Gasteiger partial charge in [0.25, 0.3) is 0 Å². The van der Waals surface area contributed by atoms with Gasteiger partial charge in [-0.25, -0.2) is 9.48 Å². The van der Waals surface area contributed by atoms with Crippen LogP contribution in [0.1, 0.15) is 5.01 Å². The molecule has 154 valence electrons. The average molecular weight is 457 g/mol. The Morgan fingerprint density at radius 1 is 1.41 bits per heavy atom. The van der Waals surface area contributed by atoms with Crippen molar-refractivity contribution in [2.45, 2.75) is 35.3 Å². The van der Waals surface area contributed by atoms with Gasteiger partial charge in [-0.15, -0.1) is 27.1 Å². The zero-order valence-electron chi connectivity index (χ0n) is 15.0. The Morgan fingerprint density at radius 3 is 2.90 bits per heavy atom. The van der Waals surface area contributed by atoms with E-state index in [-0.39, 0.29) is 18.4 Å². The molecule has 12 nitrogen and oxygen atoms in total. The molecule has 2 fully saturated rings. The van der Waals surface area contributed by atoms with E-state index < -0.39 is 29.3 Å². The average Bonchev–Trinajstić information content (AvgIpc) is 3.35. The van der Waals surface area contributed by atoms with Gasteiger partial charge in [-0.3, -0.25) is 9.59 Å². The minimum atomic E-state index is -1.04. The SMILES string of the molecule is Cc1nnc(SCC2CS[C@@H]3[C@H](NC(=O)Cn4cnnn4)C(=O)N3C2C(=O)O)s1. The van der Waals surface area contributed by atoms with Crippen molar-refractivity contribution in [1.82, 2.24) is 40.6 Å². The van der Waals surface area contributed by atoms with Gasteiger partial charge in [-0.2, -0.15) is 0 Å². The summed E-state index contributed by atoms with van der Waals surface area (Å²) in [4.78, 5) is 38.0. The normalized spacial score (nSPS) is 26.0. The number of carbonyl (C=O) groups excluding carboxylic acids is 2. The van der Waals surface area contributed by atoms with E-state index in [9.17, 15) is 19.5 Å². The molecule has 29 heavy (non-hydrogen) atoms. The van der Waals surface area contributed by atoms with Crippen molar-refractivity contribution in [3.05, 3.63) is 11.3 Å². The highest BCUT2D eigenvalue weighted by Gasteiger charge is 2.57. The molecular weight excluding hydrogens is 440 g/mol. The first kappa shape index (κ1) is 20.0. The highest BCUT2D eigenvalue weighted by atomic mass is 32.2. The van der Waals surface area contributed by atoms with Crippen molar-refractivity contribution in [3.8, 4) is 0 Å². The molecule has 0 spiro atoms. The summed E-state index contributed by atoms with van der Waals surface area (Å²) < 4.78 is 2.02. The van der Waals surface area contributed by atoms with Crippen molar-refractivity contribution in [2.75, 3.05) is 11.5 Å². The van der Waals surface area contributed by atoms with Crippen molar-refractivity contribution in [1.29, 1.82) is 0 Å². The van der Waals surface area contributed by atoms with Crippen molar-refractivity contribution < 1.29 is 19.5 Å². The first-order chi connectivity index (χ1) is 13.9. The Morgan fingerprint density at radius 2 is 2.24 bits per heavy atom. The first-order valence-electron chi connectivity index (χ1n) is 8.53. The number of thioether (sulfide) groups is 2. The van der Waals surface area contributed by atoms with Crippen LogP contribution in [0.25, 0.3) is 0 Å². The molecule has 2 unspecified atom stereocenters. The molecule has 0 saturated carbocycles. The lowest BCUT2D eigenvalue weighted by Crippen LogP contribution is -2.76. The van der Waals surface area contributed by atoms with E-state index in [1.807, 2.05) is 6.92 Å². The number of amides is 2. The highest BCUT2D eigenvalue weighted by Crippen LogP contribution is 2.42. The highest BCUT2D eigenvalue weighted by molar-refractivity contribution is 8.01. The fourth-order valence-corrected chi connectivity index (χ4v) is 6.86. The van der Waals surface area contributed by atoms with Gasteiger partial charge in [-0.1, -0.05) is 23.1 Å². The Kier molecular flexibility index (Phi) is 5.69. The van der Waals surface area contributed by atoms with Gasteiger partial charge >= 0.3 is 5.97 Å². The molecular formula is C14H16N8O4S3. The number of hydrogen-bond acceptors (Lipinski definition) is 11. The van der Waals surface area contributed by atoms with E-state index in [0.29, 0.717) is 11.5 Å². The third-order valence-electron chi connectivity index (χ3n) is 4.50. The quantitative estimate of drug-likeness (QED) is 0.393. The predicted octanol–water partition coefficient (Wildman–Crippen LogP) is -0.905. The van der Waals surface area contributed by atoms with E-state index >= 15 is 0 Å². The van der Waals surface area contributed by atoms with Crippen molar-refractivity contribution >= 4 is 52.6 Å². The van der Waals surface area contributed by atoms with E-state index in [1.54, 1.807) is 0 Å². The molecule has 2 aliphatic rings. The molecule has 2 aromatic rings. The number of rotatable bonds is 7. The fraction of sp³-hybridized carbons (Fsp3) is 0.571. The largest absolute Gasteiger partial charge is 0.480 e. The molecule has 2 aliphatic heterocycles. The van der Waals surface area contributed by atoms with Gasteiger partial charge in [0.1, 0.15) is 35.3 Å². The molecule has 2 saturated heterocycles. The van der Waals surface area contributed by atoms with Crippen molar-refractivity contribution in [3.63, 3.8) is 0 Å². The molecule has 2 aromatic heterocycles. The number of carbonyl (C=O) groups is 3. The van der Waals surface area contributed by atoms with Gasteiger partial charge in [-0.05, 0) is 17.4 Å². The number of hydrogen-bond donors (Lipinski definition) is 2. The van der Waals surface area contributed by atoms with E-state index in [0.717, 1.165) is 9.35 Å². The van der Waals surface area contributed by atoms with Gasteiger partial charge in [0, 0.05) is 17.4 Å².